The standard InChI is InChI=1S/C19H23NOS/c1-13-5-4-6-16(9-13)11-22-12-19(21)18-10-14(2)20(15(18)3)17-7-8-17/h4-6,9-10,17H,7-8,11-12H2,1-3H3. The van der Waals surface area contributed by atoms with E-state index in [4.69, 9.17) is 0 Å². The molecule has 1 aliphatic rings. The molecule has 0 amide bonds. The average molecular weight is 313 g/mol. The van der Waals surface area contributed by atoms with Crippen LogP contribution in [0.5, 0.6) is 0 Å². The minimum atomic E-state index is 0.262. The van der Waals surface area contributed by atoms with Crippen molar-refractivity contribution in [3.63, 3.8) is 0 Å². The molecule has 2 aromatic rings. The van der Waals surface area contributed by atoms with E-state index >= 15 is 0 Å². The lowest BCUT2D eigenvalue weighted by Gasteiger charge is -2.07. The van der Waals surface area contributed by atoms with E-state index in [2.05, 4.69) is 55.7 Å². The van der Waals surface area contributed by atoms with Gasteiger partial charge in [0.05, 0.1) is 5.75 Å². The van der Waals surface area contributed by atoms with Gasteiger partial charge in [0, 0.05) is 28.7 Å². The summed E-state index contributed by atoms with van der Waals surface area (Å²) in [6, 6.07) is 11.2. The number of aryl methyl sites for hydroxylation is 2. The number of hydrogen-bond acceptors (Lipinski definition) is 2. The van der Waals surface area contributed by atoms with Crippen LogP contribution in [0.15, 0.2) is 30.3 Å². The summed E-state index contributed by atoms with van der Waals surface area (Å²) < 4.78 is 2.35. The molecule has 0 N–H and O–H groups in total. The molecule has 1 aromatic carbocycles. The van der Waals surface area contributed by atoms with Crippen molar-refractivity contribution in [2.45, 2.75) is 45.4 Å². The highest BCUT2D eigenvalue weighted by Crippen LogP contribution is 2.38. The van der Waals surface area contributed by atoms with Gasteiger partial charge in [0.2, 0.25) is 0 Å². The molecular weight excluding hydrogens is 290 g/mol. The molecule has 1 saturated carbocycles. The van der Waals surface area contributed by atoms with Gasteiger partial charge in [-0.2, -0.15) is 0 Å². The Bertz CT molecular complexity index is 697. The SMILES string of the molecule is Cc1cccc(CSCC(=O)c2cc(C)n(C3CC3)c2C)c1. The second kappa shape index (κ2) is 6.33. The van der Waals surface area contributed by atoms with Crippen molar-refractivity contribution in [1.29, 1.82) is 0 Å². The first-order valence-electron chi connectivity index (χ1n) is 7.91. The van der Waals surface area contributed by atoms with E-state index in [0.29, 0.717) is 11.8 Å². The fourth-order valence-corrected chi connectivity index (χ4v) is 3.95. The average Bonchev–Trinajstić information content (AvgIpc) is 3.25. The van der Waals surface area contributed by atoms with Gasteiger partial charge in [0.1, 0.15) is 0 Å². The zero-order valence-corrected chi connectivity index (χ0v) is 14.4. The molecule has 0 atom stereocenters. The number of benzene rings is 1. The van der Waals surface area contributed by atoms with Gasteiger partial charge in [-0.1, -0.05) is 29.8 Å². The van der Waals surface area contributed by atoms with E-state index < -0.39 is 0 Å². The maximum Gasteiger partial charge on any atom is 0.174 e. The van der Waals surface area contributed by atoms with Gasteiger partial charge in [-0.25, -0.2) is 0 Å². The van der Waals surface area contributed by atoms with Crippen LogP contribution >= 0.6 is 11.8 Å². The molecule has 3 heteroatoms. The monoisotopic (exact) mass is 313 g/mol. The van der Waals surface area contributed by atoms with Crippen molar-refractivity contribution >= 4 is 17.5 Å². The van der Waals surface area contributed by atoms with E-state index in [0.717, 1.165) is 17.0 Å². The first-order valence-corrected chi connectivity index (χ1v) is 9.06. The molecule has 116 valence electrons. The third-order valence-electron chi connectivity index (χ3n) is 4.28. The van der Waals surface area contributed by atoms with Crippen LogP contribution in [-0.2, 0) is 5.75 Å². The third kappa shape index (κ3) is 3.30. The van der Waals surface area contributed by atoms with Crippen molar-refractivity contribution in [2.24, 2.45) is 0 Å². The zero-order chi connectivity index (χ0) is 15.7. The minimum Gasteiger partial charge on any atom is -0.345 e. The molecule has 0 bridgehead atoms. The highest BCUT2D eigenvalue weighted by Gasteiger charge is 2.28. The van der Waals surface area contributed by atoms with E-state index in [1.165, 1.54) is 29.7 Å². The molecule has 1 aliphatic carbocycles. The molecule has 1 heterocycles. The van der Waals surface area contributed by atoms with Crippen molar-refractivity contribution in [3.8, 4) is 0 Å². The van der Waals surface area contributed by atoms with Crippen LogP contribution in [0.25, 0.3) is 0 Å². The summed E-state index contributed by atoms with van der Waals surface area (Å²) in [7, 11) is 0. The predicted molar refractivity (Wildman–Crippen MR) is 93.8 cm³/mol. The lowest BCUT2D eigenvalue weighted by Crippen LogP contribution is -2.06. The summed E-state index contributed by atoms with van der Waals surface area (Å²) in [5, 5.41) is 0. The maximum atomic E-state index is 12.5. The Kier molecular flexibility index (Phi) is 4.44. The molecule has 0 saturated heterocycles. The second-order valence-corrected chi connectivity index (χ2v) is 7.28. The lowest BCUT2D eigenvalue weighted by atomic mass is 10.2. The lowest BCUT2D eigenvalue weighted by molar-refractivity contribution is 0.102. The summed E-state index contributed by atoms with van der Waals surface area (Å²) in [4.78, 5) is 12.5. The number of carbonyl (C=O) groups is 1. The number of Topliss-reactive ketones (excluding diaryl/α,β-unsaturated/α-hetero) is 1. The quantitative estimate of drug-likeness (QED) is 0.710. The number of aromatic nitrogens is 1. The summed E-state index contributed by atoms with van der Waals surface area (Å²) >= 11 is 1.71. The van der Waals surface area contributed by atoms with Crippen LogP contribution < -0.4 is 0 Å². The van der Waals surface area contributed by atoms with E-state index in [1.54, 1.807) is 11.8 Å². The molecule has 0 aliphatic heterocycles. The van der Waals surface area contributed by atoms with Crippen molar-refractivity contribution in [1.82, 2.24) is 4.57 Å². The maximum absolute atomic E-state index is 12.5. The van der Waals surface area contributed by atoms with Gasteiger partial charge >= 0.3 is 0 Å². The Hall–Kier alpha value is -1.48. The molecular formula is C19H23NOS. The fraction of sp³-hybridized carbons (Fsp3) is 0.421. The molecule has 1 fully saturated rings. The summed E-state index contributed by atoms with van der Waals surface area (Å²) in [5.74, 6) is 1.72. The Morgan fingerprint density at radius 2 is 2.00 bits per heavy atom. The summed E-state index contributed by atoms with van der Waals surface area (Å²) in [6.07, 6.45) is 2.51. The highest BCUT2D eigenvalue weighted by atomic mass is 32.2. The zero-order valence-electron chi connectivity index (χ0n) is 13.6. The Morgan fingerprint density at radius 1 is 1.23 bits per heavy atom. The second-order valence-electron chi connectivity index (χ2n) is 6.29. The van der Waals surface area contributed by atoms with Crippen LogP contribution in [0, 0.1) is 20.8 Å². The third-order valence-corrected chi connectivity index (χ3v) is 5.28. The van der Waals surface area contributed by atoms with Crippen molar-refractivity contribution in [3.05, 3.63) is 58.4 Å². The van der Waals surface area contributed by atoms with Gasteiger partial charge in [0.25, 0.3) is 0 Å². The number of carbonyl (C=O) groups excluding carboxylic acids is 1. The Balaban J connectivity index is 1.61. The van der Waals surface area contributed by atoms with Gasteiger partial charge in [0.15, 0.2) is 5.78 Å². The van der Waals surface area contributed by atoms with Crippen LogP contribution in [0.4, 0.5) is 0 Å². The largest absolute Gasteiger partial charge is 0.345 e. The first-order chi connectivity index (χ1) is 10.6. The summed E-state index contributed by atoms with van der Waals surface area (Å²) in [5.41, 5.74) is 5.87. The van der Waals surface area contributed by atoms with Gasteiger partial charge in [-0.15, -0.1) is 11.8 Å². The van der Waals surface area contributed by atoms with E-state index in [9.17, 15) is 4.79 Å². The van der Waals surface area contributed by atoms with Crippen molar-refractivity contribution in [2.75, 3.05) is 5.75 Å². The van der Waals surface area contributed by atoms with Crippen LogP contribution in [0.2, 0.25) is 0 Å². The Labute approximate surface area is 136 Å². The van der Waals surface area contributed by atoms with Gasteiger partial charge < -0.3 is 4.57 Å². The number of ketones is 1. The molecule has 0 spiro atoms. The number of nitrogens with zero attached hydrogens (tertiary/aromatic N) is 1. The first kappa shape index (κ1) is 15.4. The molecule has 22 heavy (non-hydrogen) atoms. The van der Waals surface area contributed by atoms with Gasteiger partial charge in [-0.05, 0) is 45.2 Å². The van der Waals surface area contributed by atoms with Crippen LogP contribution in [-0.4, -0.2) is 16.1 Å². The molecule has 0 unspecified atom stereocenters. The predicted octanol–water partition coefficient (Wildman–Crippen LogP) is 4.86. The minimum absolute atomic E-state index is 0.262. The van der Waals surface area contributed by atoms with Crippen LogP contribution in [0.3, 0.4) is 0 Å². The Morgan fingerprint density at radius 3 is 2.68 bits per heavy atom. The fourth-order valence-electron chi connectivity index (χ4n) is 3.10. The molecule has 2 nitrogen and oxygen atoms in total. The number of hydrogen-bond donors (Lipinski definition) is 0. The van der Waals surface area contributed by atoms with Gasteiger partial charge in [-0.3, -0.25) is 4.79 Å². The van der Waals surface area contributed by atoms with Crippen LogP contribution in [0.1, 0.15) is 51.8 Å². The van der Waals surface area contributed by atoms with E-state index in [-0.39, 0.29) is 5.78 Å². The molecule has 0 radical (unpaired) electrons. The number of rotatable bonds is 6. The number of thioether (sulfide) groups is 1. The molecule has 3 rings (SSSR count). The molecule has 1 aromatic heterocycles. The van der Waals surface area contributed by atoms with Crippen molar-refractivity contribution < 1.29 is 4.79 Å². The normalized spacial score (nSPS) is 14.3. The summed E-state index contributed by atoms with van der Waals surface area (Å²) in [6.45, 7) is 6.30. The topological polar surface area (TPSA) is 22.0 Å². The smallest absolute Gasteiger partial charge is 0.174 e. The highest BCUT2D eigenvalue weighted by molar-refractivity contribution is 7.99. The van der Waals surface area contributed by atoms with E-state index in [1.807, 2.05) is 0 Å².